The van der Waals surface area contributed by atoms with Crippen LogP contribution < -0.4 is 15.4 Å². The molecule has 7 heteroatoms. The van der Waals surface area contributed by atoms with Gasteiger partial charge >= 0.3 is 0 Å². The predicted molar refractivity (Wildman–Crippen MR) is 138 cm³/mol. The van der Waals surface area contributed by atoms with Gasteiger partial charge in [-0.25, -0.2) is 9.97 Å². The lowest BCUT2D eigenvalue weighted by Gasteiger charge is -2.22. The minimum atomic E-state index is -0.0549. The van der Waals surface area contributed by atoms with Crippen LogP contribution in [0.25, 0.3) is 33.4 Å². The van der Waals surface area contributed by atoms with Crippen molar-refractivity contribution < 1.29 is 9.53 Å². The molecule has 2 aromatic carbocycles. The maximum absolute atomic E-state index is 12.2. The Bertz CT molecular complexity index is 1300. The maximum atomic E-state index is 12.2. The molecule has 5 rings (SSSR count). The molecule has 1 aliphatic carbocycles. The van der Waals surface area contributed by atoms with Crippen molar-refractivity contribution in [3.8, 4) is 28.3 Å². The summed E-state index contributed by atoms with van der Waals surface area (Å²) in [4.78, 5) is 25.8. The van der Waals surface area contributed by atoms with E-state index in [1.54, 1.807) is 12.4 Å². The van der Waals surface area contributed by atoms with Crippen molar-refractivity contribution in [3.63, 3.8) is 0 Å². The van der Waals surface area contributed by atoms with Crippen LogP contribution in [0.1, 0.15) is 32.1 Å². The normalized spacial score (nSPS) is 14.0. The van der Waals surface area contributed by atoms with Crippen molar-refractivity contribution in [3.05, 3.63) is 67.0 Å². The van der Waals surface area contributed by atoms with Crippen molar-refractivity contribution in [2.24, 2.45) is 0 Å². The number of hydrogen-bond acceptors (Lipinski definition) is 6. The fourth-order valence-corrected chi connectivity index (χ4v) is 4.53. The number of amides is 1. The molecule has 0 radical (unpaired) electrons. The molecule has 0 unspecified atom stereocenters. The van der Waals surface area contributed by atoms with Gasteiger partial charge in [-0.1, -0.05) is 37.5 Å². The number of hydrogen-bond donors (Lipinski definition) is 2. The molecule has 1 saturated carbocycles. The maximum Gasteiger partial charge on any atom is 0.258 e. The first-order valence-corrected chi connectivity index (χ1v) is 12.1. The Morgan fingerprint density at radius 3 is 2.51 bits per heavy atom. The van der Waals surface area contributed by atoms with Crippen LogP contribution in [0.15, 0.2) is 67.0 Å². The number of carbonyl (C=O) groups is 1. The molecule has 0 spiro atoms. The van der Waals surface area contributed by atoms with Crippen LogP contribution in [0.5, 0.6) is 5.75 Å². The summed E-state index contributed by atoms with van der Waals surface area (Å²) < 4.78 is 5.72. The first kappa shape index (κ1) is 22.8. The summed E-state index contributed by atoms with van der Waals surface area (Å²) >= 11 is 0. The lowest BCUT2D eigenvalue weighted by atomic mass is 9.95. The predicted octanol–water partition coefficient (Wildman–Crippen LogP) is 5.23. The van der Waals surface area contributed by atoms with Crippen LogP contribution in [0.3, 0.4) is 0 Å². The van der Waals surface area contributed by atoms with Crippen LogP contribution in [0.2, 0.25) is 0 Å². The van der Waals surface area contributed by atoms with Gasteiger partial charge in [0.2, 0.25) is 0 Å². The SMILES string of the molecule is CNc1nc(-c2cccnc2)nc2ccc(-c3ccc(OCC(=O)NC4CCCCC4)cc3)cc12. The summed E-state index contributed by atoms with van der Waals surface area (Å²) in [6, 6.07) is 18.1. The number of nitrogens with zero attached hydrogens (tertiary/aromatic N) is 3. The topological polar surface area (TPSA) is 89.0 Å². The highest BCUT2D eigenvalue weighted by Gasteiger charge is 2.16. The van der Waals surface area contributed by atoms with E-state index in [-0.39, 0.29) is 12.5 Å². The van der Waals surface area contributed by atoms with Crippen LogP contribution in [0, 0.1) is 0 Å². The Morgan fingerprint density at radius 1 is 0.971 bits per heavy atom. The molecule has 0 saturated heterocycles. The number of pyridine rings is 1. The van der Waals surface area contributed by atoms with E-state index in [2.05, 4.69) is 27.8 Å². The number of benzene rings is 2. The van der Waals surface area contributed by atoms with Gasteiger partial charge in [0.25, 0.3) is 5.91 Å². The second-order valence-corrected chi connectivity index (χ2v) is 8.83. The quantitative estimate of drug-likeness (QED) is 0.387. The average molecular weight is 468 g/mol. The highest BCUT2D eigenvalue weighted by Crippen LogP contribution is 2.30. The van der Waals surface area contributed by atoms with Crippen LogP contribution in [-0.4, -0.2) is 40.6 Å². The van der Waals surface area contributed by atoms with Gasteiger partial charge in [0.05, 0.1) is 5.52 Å². The van der Waals surface area contributed by atoms with E-state index < -0.39 is 0 Å². The zero-order chi connectivity index (χ0) is 24.0. The minimum Gasteiger partial charge on any atom is -0.484 e. The largest absolute Gasteiger partial charge is 0.484 e. The van der Waals surface area contributed by atoms with Gasteiger partial charge in [-0.05, 0) is 60.4 Å². The van der Waals surface area contributed by atoms with Gasteiger partial charge in [-0.2, -0.15) is 0 Å². The third-order valence-corrected chi connectivity index (χ3v) is 6.38. The van der Waals surface area contributed by atoms with E-state index in [1.165, 1.54) is 19.3 Å². The molecule has 178 valence electrons. The lowest BCUT2D eigenvalue weighted by molar-refractivity contribution is -0.124. The average Bonchev–Trinajstić information content (AvgIpc) is 2.92. The number of nitrogens with one attached hydrogen (secondary N) is 2. The fraction of sp³-hybridized carbons (Fsp3) is 0.286. The van der Waals surface area contributed by atoms with Crippen molar-refractivity contribution in [1.29, 1.82) is 0 Å². The molecule has 2 heterocycles. The van der Waals surface area contributed by atoms with Gasteiger partial charge in [-0.15, -0.1) is 0 Å². The van der Waals surface area contributed by atoms with Gasteiger partial charge in [0, 0.05) is 36.4 Å². The number of anilines is 1. The molecule has 4 aromatic rings. The number of fused-ring (bicyclic) bond motifs is 1. The Kier molecular flexibility index (Phi) is 6.84. The summed E-state index contributed by atoms with van der Waals surface area (Å²) in [5.74, 6) is 2.02. The monoisotopic (exact) mass is 467 g/mol. The second-order valence-electron chi connectivity index (χ2n) is 8.83. The van der Waals surface area contributed by atoms with Gasteiger partial charge in [-0.3, -0.25) is 9.78 Å². The number of carbonyl (C=O) groups excluding carboxylic acids is 1. The molecule has 35 heavy (non-hydrogen) atoms. The molecule has 2 aromatic heterocycles. The molecular weight excluding hydrogens is 438 g/mol. The summed E-state index contributed by atoms with van der Waals surface area (Å²) in [6.07, 6.45) is 9.28. The molecule has 0 aliphatic heterocycles. The van der Waals surface area contributed by atoms with E-state index in [1.807, 2.05) is 49.5 Å². The Labute approximate surface area is 205 Å². The van der Waals surface area contributed by atoms with Crippen molar-refractivity contribution in [1.82, 2.24) is 20.3 Å². The van der Waals surface area contributed by atoms with Crippen molar-refractivity contribution in [2.45, 2.75) is 38.1 Å². The Hall–Kier alpha value is -4.00. The Morgan fingerprint density at radius 2 is 1.77 bits per heavy atom. The summed E-state index contributed by atoms with van der Waals surface area (Å²) in [5.41, 5.74) is 3.83. The van der Waals surface area contributed by atoms with E-state index in [9.17, 15) is 4.79 Å². The first-order chi connectivity index (χ1) is 17.2. The standard InChI is InChI=1S/C28H29N5O2/c1-29-28-24-16-20(11-14-25(24)32-27(33-28)21-6-5-15-30-17-21)19-9-12-23(13-10-19)35-18-26(34)31-22-7-3-2-4-8-22/h5-6,9-17,22H,2-4,7-8,18H2,1H3,(H,31,34)(H,29,32,33). The van der Waals surface area contributed by atoms with Gasteiger partial charge in [0.15, 0.2) is 12.4 Å². The molecule has 1 amide bonds. The summed E-state index contributed by atoms with van der Waals surface area (Å²) in [6.45, 7) is 0.0357. The number of rotatable bonds is 7. The molecule has 0 bridgehead atoms. The van der Waals surface area contributed by atoms with Gasteiger partial charge < -0.3 is 15.4 Å². The molecule has 7 nitrogen and oxygen atoms in total. The van der Waals surface area contributed by atoms with E-state index in [4.69, 9.17) is 14.7 Å². The van der Waals surface area contributed by atoms with Crippen molar-refractivity contribution >= 4 is 22.6 Å². The van der Waals surface area contributed by atoms with Crippen LogP contribution >= 0.6 is 0 Å². The zero-order valence-electron chi connectivity index (χ0n) is 19.8. The summed E-state index contributed by atoms with van der Waals surface area (Å²) in [7, 11) is 1.86. The molecular formula is C28H29N5O2. The number of ether oxygens (including phenoxy) is 1. The molecule has 1 aliphatic rings. The third kappa shape index (κ3) is 5.40. The third-order valence-electron chi connectivity index (χ3n) is 6.38. The minimum absolute atomic E-state index is 0.0357. The summed E-state index contributed by atoms with van der Waals surface area (Å²) in [5, 5.41) is 7.22. The highest BCUT2D eigenvalue weighted by molar-refractivity contribution is 5.93. The van der Waals surface area contributed by atoms with Crippen LogP contribution in [-0.2, 0) is 4.79 Å². The highest BCUT2D eigenvalue weighted by atomic mass is 16.5. The molecule has 0 atom stereocenters. The molecule has 1 fully saturated rings. The van der Waals surface area contributed by atoms with Gasteiger partial charge in [0.1, 0.15) is 11.6 Å². The van der Waals surface area contributed by atoms with E-state index in [0.717, 1.165) is 46.3 Å². The smallest absolute Gasteiger partial charge is 0.258 e. The first-order valence-electron chi connectivity index (χ1n) is 12.1. The fourth-order valence-electron chi connectivity index (χ4n) is 4.53. The zero-order valence-corrected chi connectivity index (χ0v) is 19.8. The number of aromatic nitrogens is 3. The Balaban J connectivity index is 1.29. The second kappa shape index (κ2) is 10.5. The van der Waals surface area contributed by atoms with Crippen LogP contribution in [0.4, 0.5) is 5.82 Å². The lowest BCUT2D eigenvalue weighted by Crippen LogP contribution is -2.38. The van der Waals surface area contributed by atoms with E-state index in [0.29, 0.717) is 17.6 Å². The van der Waals surface area contributed by atoms with Crippen molar-refractivity contribution in [2.75, 3.05) is 19.0 Å². The molecule has 2 N–H and O–H groups in total. The van der Waals surface area contributed by atoms with E-state index >= 15 is 0 Å².